The first-order chi connectivity index (χ1) is 12.1. The van der Waals surface area contributed by atoms with Gasteiger partial charge in [0.1, 0.15) is 5.76 Å². The fourth-order valence-corrected chi connectivity index (χ4v) is 2.71. The minimum atomic E-state index is -0.557. The monoisotopic (exact) mass is 338 g/mol. The second-order valence-electron chi connectivity index (χ2n) is 6.20. The van der Waals surface area contributed by atoms with Gasteiger partial charge in [-0.1, -0.05) is 60.7 Å². The molecule has 1 fully saturated rings. The van der Waals surface area contributed by atoms with Crippen molar-refractivity contribution in [1.29, 1.82) is 0 Å². The number of carbonyl (C=O) groups is 1. The summed E-state index contributed by atoms with van der Waals surface area (Å²) in [6.45, 7) is 3.64. The zero-order valence-electron chi connectivity index (χ0n) is 14.4. The molecule has 2 atom stereocenters. The van der Waals surface area contributed by atoms with Gasteiger partial charge in [-0.3, -0.25) is 0 Å². The van der Waals surface area contributed by atoms with Crippen LogP contribution in [0.25, 0.3) is 0 Å². The van der Waals surface area contributed by atoms with Gasteiger partial charge in [0.2, 0.25) is 6.29 Å². The largest absolute Gasteiger partial charge is 0.465 e. The Hall–Kier alpha value is -2.59. The molecule has 0 amide bonds. The molecule has 1 heterocycles. The predicted octanol–water partition coefficient (Wildman–Crippen LogP) is 4.70. The molecule has 0 radical (unpaired) electrons. The summed E-state index contributed by atoms with van der Waals surface area (Å²) in [5, 5.41) is 0. The summed E-state index contributed by atoms with van der Waals surface area (Å²) >= 11 is 0. The lowest BCUT2D eigenvalue weighted by Crippen LogP contribution is -2.21. The van der Waals surface area contributed by atoms with Crippen LogP contribution in [0.5, 0.6) is 0 Å². The van der Waals surface area contributed by atoms with Crippen molar-refractivity contribution < 1.29 is 19.0 Å². The molecule has 1 saturated heterocycles. The van der Waals surface area contributed by atoms with Crippen LogP contribution in [0, 0.1) is 0 Å². The fourth-order valence-electron chi connectivity index (χ4n) is 2.71. The van der Waals surface area contributed by atoms with Crippen LogP contribution >= 0.6 is 0 Å². The van der Waals surface area contributed by atoms with Crippen molar-refractivity contribution in [2.24, 2.45) is 0 Å². The molecule has 2 aromatic carbocycles. The highest BCUT2D eigenvalue weighted by molar-refractivity contribution is 5.82. The minimum Gasteiger partial charge on any atom is -0.465 e. The molecule has 0 N–H and O–H groups in total. The van der Waals surface area contributed by atoms with E-state index in [9.17, 15) is 4.79 Å². The lowest BCUT2D eigenvalue weighted by Gasteiger charge is -2.33. The molecule has 2 aromatic rings. The Bertz CT molecular complexity index is 673. The molecule has 0 spiro atoms. The van der Waals surface area contributed by atoms with Crippen LogP contribution in [0.3, 0.4) is 0 Å². The van der Waals surface area contributed by atoms with Gasteiger partial charge in [0.05, 0.1) is 18.3 Å². The third kappa shape index (κ3) is 4.70. The summed E-state index contributed by atoms with van der Waals surface area (Å²) in [6.07, 6.45) is 1.00. The smallest absolute Gasteiger partial charge is 0.334 e. The van der Waals surface area contributed by atoms with E-state index in [2.05, 4.69) is 0 Å². The lowest BCUT2D eigenvalue weighted by atomic mass is 10.0. The Morgan fingerprint density at radius 2 is 1.64 bits per heavy atom. The van der Waals surface area contributed by atoms with Crippen LogP contribution in [0.1, 0.15) is 43.8 Å². The summed E-state index contributed by atoms with van der Waals surface area (Å²) in [5.41, 5.74) is 1.96. The number of hydrogen-bond donors (Lipinski definition) is 0. The average Bonchev–Trinajstić information content (AvgIpc) is 2.62. The number of rotatable bonds is 4. The normalized spacial score (nSPS) is 21.8. The minimum absolute atomic E-state index is 0.168. The van der Waals surface area contributed by atoms with Crippen molar-refractivity contribution in [2.45, 2.75) is 38.8 Å². The Labute approximate surface area is 148 Å². The summed E-state index contributed by atoms with van der Waals surface area (Å²) in [6, 6.07) is 19.7. The van der Waals surface area contributed by atoms with Crippen LogP contribution in [0.15, 0.2) is 72.5 Å². The van der Waals surface area contributed by atoms with E-state index < -0.39 is 12.3 Å². The predicted molar refractivity (Wildman–Crippen MR) is 94.5 cm³/mol. The van der Waals surface area contributed by atoms with E-state index in [4.69, 9.17) is 14.2 Å². The highest BCUT2D eigenvalue weighted by atomic mass is 16.7. The third-order valence-electron chi connectivity index (χ3n) is 3.81. The average molecular weight is 338 g/mol. The van der Waals surface area contributed by atoms with Gasteiger partial charge in [0.25, 0.3) is 0 Å². The zero-order valence-corrected chi connectivity index (χ0v) is 14.4. The maximum atomic E-state index is 12.0. The molecule has 0 bridgehead atoms. The van der Waals surface area contributed by atoms with Crippen LogP contribution in [-0.4, -0.2) is 12.1 Å². The Balaban J connectivity index is 1.86. The van der Waals surface area contributed by atoms with Gasteiger partial charge < -0.3 is 14.2 Å². The molecule has 0 unspecified atom stereocenters. The number of carbonyl (C=O) groups excluding carboxylic acids is 1. The Morgan fingerprint density at radius 3 is 2.24 bits per heavy atom. The van der Waals surface area contributed by atoms with Crippen molar-refractivity contribution in [3.05, 3.63) is 83.6 Å². The van der Waals surface area contributed by atoms with Gasteiger partial charge >= 0.3 is 5.97 Å². The van der Waals surface area contributed by atoms with Crippen molar-refractivity contribution in [3.63, 3.8) is 0 Å². The summed E-state index contributed by atoms with van der Waals surface area (Å²) < 4.78 is 17.2. The number of ether oxygens (including phenoxy) is 3. The van der Waals surface area contributed by atoms with Crippen LogP contribution in [0.4, 0.5) is 0 Å². The lowest BCUT2D eigenvalue weighted by molar-refractivity contribution is -0.191. The van der Waals surface area contributed by atoms with Crippen LogP contribution in [-0.2, 0) is 19.0 Å². The topological polar surface area (TPSA) is 44.8 Å². The van der Waals surface area contributed by atoms with Gasteiger partial charge in [-0.15, -0.1) is 0 Å². The first-order valence-corrected chi connectivity index (χ1v) is 8.45. The van der Waals surface area contributed by atoms with Gasteiger partial charge in [0, 0.05) is 12.0 Å². The summed E-state index contributed by atoms with van der Waals surface area (Å²) in [5.74, 6) is 0.171. The molecule has 25 heavy (non-hydrogen) atoms. The fraction of sp³-hybridized carbons (Fsp3) is 0.286. The SMILES string of the molecule is CC(C)OC(=O)C=C1C[C@@H](c2ccccc2)O[C@@H](c2ccccc2)O1. The molecule has 0 saturated carbocycles. The second kappa shape index (κ2) is 7.99. The molecular formula is C21H22O4. The number of hydrogen-bond acceptors (Lipinski definition) is 4. The van der Waals surface area contributed by atoms with Crippen molar-refractivity contribution in [2.75, 3.05) is 0 Å². The van der Waals surface area contributed by atoms with E-state index in [-0.39, 0.29) is 12.2 Å². The van der Waals surface area contributed by atoms with E-state index in [0.717, 1.165) is 11.1 Å². The molecule has 4 nitrogen and oxygen atoms in total. The first-order valence-electron chi connectivity index (χ1n) is 8.45. The van der Waals surface area contributed by atoms with Crippen LogP contribution < -0.4 is 0 Å². The molecule has 0 aliphatic carbocycles. The molecule has 130 valence electrons. The molecule has 1 aliphatic heterocycles. The summed E-state index contributed by atoms with van der Waals surface area (Å²) in [4.78, 5) is 12.0. The number of benzene rings is 2. The van der Waals surface area contributed by atoms with Gasteiger partial charge in [-0.05, 0) is 19.4 Å². The van der Waals surface area contributed by atoms with E-state index >= 15 is 0 Å². The van der Waals surface area contributed by atoms with E-state index in [0.29, 0.717) is 12.2 Å². The maximum Gasteiger partial charge on any atom is 0.334 e. The quantitative estimate of drug-likeness (QED) is 0.599. The molecule has 4 heteroatoms. The van der Waals surface area contributed by atoms with Gasteiger partial charge in [0.15, 0.2) is 0 Å². The Kier molecular flexibility index (Phi) is 5.51. The maximum absolute atomic E-state index is 12.0. The highest BCUT2D eigenvalue weighted by Crippen LogP contribution is 2.39. The molecule has 1 aliphatic rings. The van der Waals surface area contributed by atoms with E-state index in [1.807, 2.05) is 74.5 Å². The van der Waals surface area contributed by atoms with Crippen molar-refractivity contribution in [1.82, 2.24) is 0 Å². The molecule has 3 rings (SSSR count). The second-order valence-corrected chi connectivity index (χ2v) is 6.20. The van der Waals surface area contributed by atoms with E-state index in [1.54, 1.807) is 0 Å². The highest BCUT2D eigenvalue weighted by Gasteiger charge is 2.29. The Morgan fingerprint density at radius 1 is 1.04 bits per heavy atom. The number of esters is 1. The van der Waals surface area contributed by atoms with Crippen molar-refractivity contribution in [3.8, 4) is 0 Å². The van der Waals surface area contributed by atoms with Gasteiger partial charge in [-0.2, -0.15) is 0 Å². The summed E-state index contributed by atoms with van der Waals surface area (Å²) in [7, 11) is 0. The first kappa shape index (κ1) is 17.2. The molecular weight excluding hydrogens is 316 g/mol. The van der Waals surface area contributed by atoms with Gasteiger partial charge in [-0.25, -0.2) is 4.79 Å². The molecule has 0 aromatic heterocycles. The standard InChI is InChI=1S/C21H22O4/c1-15(2)23-20(22)14-18-13-19(16-9-5-3-6-10-16)25-21(24-18)17-11-7-4-8-12-17/h3-12,14-15,19,21H,13H2,1-2H3/t19-,21-/m0/s1. The van der Waals surface area contributed by atoms with E-state index in [1.165, 1.54) is 6.08 Å². The third-order valence-corrected chi connectivity index (χ3v) is 3.81. The van der Waals surface area contributed by atoms with Crippen molar-refractivity contribution >= 4 is 5.97 Å². The zero-order chi connectivity index (χ0) is 17.6. The van der Waals surface area contributed by atoms with Crippen LogP contribution in [0.2, 0.25) is 0 Å².